The lowest BCUT2D eigenvalue weighted by Crippen LogP contribution is -2.20. The van der Waals surface area contributed by atoms with E-state index in [1.165, 1.54) is 0 Å². The number of hydrogen-bond acceptors (Lipinski definition) is 3. The van der Waals surface area contributed by atoms with E-state index in [-0.39, 0.29) is 12.3 Å². The monoisotopic (exact) mass is 292 g/mol. The lowest BCUT2D eigenvalue weighted by molar-refractivity contribution is -0.118. The minimum Gasteiger partial charge on any atom is -0.483 e. The first-order valence-corrected chi connectivity index (χ1v) is 6.19. The zero-order valence-electron chi connectivity index (χ0n) is 11.3. The largest absolute Gasteiger partial charge is 0.483 e. The van der Waals surface area contributed by atoms with E-state index in [4.69, 9.17) is 10.5 Å². The topological polar surface area (TPSA) is 64.3 Å². The predicted molar refractivity (Wildman–Crippen MR) is 76.1 cm³/mol. The highest BCUT2D eigenvalue weighted by atomic mass is 19.1. The summed E-state index contributed by atoms with van der Waals surface area (Å²) in [6, 6.07) is 7.80. The second-order valence-corrected chi connectivity index (χ2v) is 4.52. The number of nitrogen functional groups attached to an aromatic ring is 1. The molecule has 0 spiro atoms. The molecule has 0 saturated carbocycles. The SMILES string of the molecule is Cc1cc(N)ccc1OCC(=O)Nc1cc(F)cc(F)c1. The average Bonchev–Trinajstić information content (AvgIpc) is 2.36. The second kappa shape index (κ2) is 6.21. The van der Waals surface area contributed by atoms with Gasteiger partial charge in [0, 0.05) is 17.4 Å². The van der Waals surface area contributed by atoms with Gasteiger partial charge in [0.05, 0.1) is 0 Å². The molecule has 0 atom stereocenters. The number of nitrogens with two attached hydrogens (primary N) is 1. The van der Waals surface area contributed by atoms with Gasteiger partial charge >= 0.3 is 0 Å². The molecule has 4 nitrogen and oxygen atoms in total. The number of anilines is 2. The van der Waals surface area contributed by atoms with Gasteiger partial charge in [0.1, 0.15) is 17.4 Å². The molecule has 0 aliphatic rings. The molecule has 21 heavy (non-hydrogen) atoms. The molecule has 0 aliphatic carbocycles. The quantitative estimate of drug-likeness (QED) is 0.852. The maximum absolute atomic E-state index is 13.0. The van der Waals surface area contributed by atoms with Crippen LogP contribution in [0.4, 0.5) is 20.2 Å². The fraction of sp³-hybridized carbons (Fsp3) is 0.133. The first-order chi connectivity index (χ1) is 9.94. The third-order valence-corrected chi connectivity index (χ3v) is 2.70. The Morgan fingerprint density at radius 3 is 2.48 bits per heavy atom. The highest BCUT2D eigenvalue weighted by Gasteiger charge is 2.07. The van der Waals surface area contributed by atoms with Gasteiger partial charge in [-0.1, -0.05) is 0 Å². The van der Waals surface area contributed by atoms with Gasteiger partial charge in [-0.25, -0.2) is 8.78 Å². The van der Waals surface area contributed by atoms with Crippen LogP contribution in [0.5, 0.6) is 5.75 Å². The van der Waals surface area contributed by atoms with E-state index in [0.717, 1.165) is 23.8 Å². The van der Waals surface area contributed by atoms with E-state index in [1.54, 1.807) is 25.1 Å². The number of hydrogen-bond donors (Lipinski definition) is 2. The van der Waals surface area contributed by atoms with Crippen molar-refractivity contribution in [2.45, 2.75) is 6.92 Å². The fourth-order valence-corrected chi connectivity index (χ4v) is 1.80. The van der Waals surface area contributed by atoms with Crippen molar-refractivity contribution < 1.29 is 18.3 Å². The second-order valence-electron chi connectivity index (χ2n) is 4.52. The van der Waals surface area contributed by atoms with Crippen molar-refractivity contribution in [2.75, 3.05) is 17.7 Å². The number of carbonyl (C=O) groups is 1. The van der Waals surface area contributed by atoms with Gasteiger partial charge in [-0.15, -0.1) is 0 Å². The number of amides is 1. The van der Waals surface area contributed by atoms with E-state index >= 15 is 0 Å². The smallest absolute Gasteiger partial charge is 0.262 e. The fourth-order valence-electron chi connectivity index (χ4n) is 1.80. The Balaban J connectivity index is 1.95. The normalized spacial score (nSPS) is 10.2. The molecule has 3 N–H and O–H groups in total. The van der Waals surface area contributed by atoms with Crippen LogP contribution in [0.1, 0.15) is 5.56 Å². The first kappa shape index (κ1) is 14.8. The van der Waals surface area contributed by atoms with Crippen LogP contribution in [-0.2, 0) is 4.79 Å². The van der Waals surface area contributed by atoms with Crippen molar-refractivity contribution in [2.24, 2.45) is 0 Å². The maximum atomic E-state index is 13.0. The number of ether oxygens (including phenoxy) is 1. The van der Waals surface area contributed by atoms with Gasteiger partial charge in [0.2, 0.25) is 0 Å². The lowest BCUT2D eigenvalue weighted by Gasteiger charge is -2.10. The molecule has 0 unspecified atom stereocenters. The third-order valence-electron chi connectivity index (χ3n) is 2.70. The van der Waals surface area contributed by atoms with Crippen molar-refractivity contribution in [3.05, 3.63) is 53.6 Å². The van der Waals surface area contributed by atoms with Crippen LogP contribution in [0.25, 0.3) is 0 Å². The van der Waals surface area contributed by atoms with Gasteiger partial charge in [-0.2, -0.15) is 0 Å². The standard InChI is InChI=1S/C15H14F2N2O2/c1-9-4-12(18)2-3-14(9)21-8-15(20)19-13-6-10(16)5-11(17)7-13/h2-7H,8,18H2,1H3,(H,19,20). The summed E-state index contributed by atoms with van der Waals surface area (Å²) in [5.74, 6) is -1.53. The molecule has 0 heterocycles. The van der Waals surface area contributed by atoms with Gasteiger partial charge in [0.25, 0.3) is 5.91 Å². The Morgan fingerprint density at radius 1 is 1.19 bits per heavy atom. The Bertz CT molecular complexity index is 654. The summed E-state index contributed by atoms with van der Waals surface area (Å²) in [5.41, 5.74) is 7.03. The van der Waals surface area contributed by atoms with Crippen LogP contribution >= 0.6 is 0 Å². The number of aryl methyl sites for hydroxylation is 1. The highest BCUT2D eigenvalue weighted by Crippen LogP contribution is 2.20. The predicted octanol–water partition coefficient (Wildman–Crippen LogP) is 2.87. The van der Waals surface area contributed by atoms with Gasteiger partial charge in [-0.3, -0.25) is 4.79 Å². The van der Waals surface area contributed by atoms with E-state index in [9.17, 15) is 13.6 Å². The molecule has 0 aromatic heterocycles. The van der Waals surface area contributed by atoms with E-state index in [1.807, 2.05) is 0 Å². The summed E-state index contributed by atoms with van der Waals surface area (Å²) in [7, 11) is 0. The number of rotatable bonds is 4. The highest BCUT2D eigenvalue weighted by molar-refractivity contribution is 5.91. The molecule has 2 aromatic rings. The molecule has 0 aliphatic heterocycles. The van der Waals surface area contributed by atoms with E-state index < -0.39 is 17.5 Å². The molecular formula is C15H14F2N2O2. The zero-order chi connectivity index (χ0) is 15.4. The van der Waals surface area contributed by atoms with E-state index in [2.05, 4.69) is 5.32 Å². The van der Waals surface area contributed by atoms with Gasteiger partial charge < -0.3 is 15.8 Å². The molecule has 110 valence electrons. The zero-order valence-corrected chi connectivity index (χ0v) is 11.3. The first-order valence-electron chi connectivity index (χ1n) is 6.19. The Kier molecular flexibility index (Phi) is 4.37. The maximum Gasteiger partial charge on any atom is 0.262 e. The molecule has 0 bridgehead atoms. The van der Waals surface area contributed by atoms with Gasteiger partial charge in [-0.05, 0) is 42.8 Å². The summed E-state index contributed by atoms with van der Waals surface area (Å²) < 4.78 is 31.3. The number of nitrogens with one attached hydrogen (secondary N) is 1. The molecular weight excluding hydrogens is 278 g/mol. The van der Waals surface area contributed by atoms with Crippen LogP contribution in [-0.4, -0.2) is 12.5 Å². The van der Waals surface area contributed by atoms with Crippen LogP contribution in [0.15, 0.2) is 36.4 Å². The van der Waals surface area contributed by atoms with Crippen molar-refractivity contribution in [1.29, 1.82) is 0 Å². The number of carbonyl (C=O) groups excluding carboxylic acids is 1. The summed E-state index contributed by atoms with van der Waals surface area (Å²) in [4.78, 5) is 11.7. The summed E-state index contributed by atoms with van der Waals surface area (Å²) in [6.07, 6.45) is 0. The minimum absolute atomic E-state index is 0.0372. The van der Waals surface area contributed by atoms with Crippen LogP contribution in [0, 0.1) is 18.6 Å². The van der Waals surface area contributed by atoms with Crippen LogP contribution in [0.2, 0.25) is 0 Å². The van der Waals surface area contributed by atoms with Crippen molar-refractivity contribution in [3.63, 3.8) is 0 Å². The summed E-state index contributed by atoms with van der Waals surface area (Å²) in [5, 5.41) is 2.36. The minimum atomic E-state index is -0.763. The third kappa shape index (κ3) is 4.17. The Labute approximate surface area is 120 Å². The molecule has 0 saturated heterocycles. The molecule has 0 radical (unpaired) electrons. The van der Waals surface area contributed by atoms with Crippen molar-refractivity contribution in [3.8, 4) is 5.75 Å². The molecule has 0 fully saturated rings. The van der Waals surface area contributed by atoms with Crippen molar-refractivity contribution in [1.82, 2.24) is 0 Å². The molecule has 2 rings (SSSR count). The summed E-state index contributed by atoms with van der Waals surface area (Å²) >= 11 is 0. The van der Waals surface area contributed by atoms with Crippen LogP contribution in [0.3, 0.4) is 0 Å². The number of benzene rings is 2. The lowest BCUT2D eigenvalue weighted by atomic mass is 10.2. The van der Waals surface area contributed by atoms with Crippen LogP contribution < -0.4 is 15.8 Å². The Morgan fingerprint density at radius 2 is 1.86 bits per heavy atom. The average molecular weight is 292 g/mol. The Hall–Kier alpha value is -2.63. The number of halogens is 2. The summed E-state index contributed by atoms with van der Waals surface area (Å²) in [6.45, 7) is 1.52. The molecule has 6 heteroatoms. The van der Waals surface area contributed by atoms with Gasteiger partial charge in [0.15, 0.2) is 6.61 Å². The molecule has 2 aromatic carbocycles. The van der Waals surface area contributed by atoms with E-state index in [0.29, 0.717) is 11.4 Å². The molecule has 1 amide bonds. The van der Waals surface area contributed by atoms with Crippen molar-refractivity contribution >= 4 is 17.3 Å².